The number of benzene rings is 10. The van der Waals surface area contributed by atoms with Gasteiger partial charge in [0.15, 0.2) is 0 Å². The number of hydrogen-bond donors (Lipinski definition) is 0. The highest BCUT2D eigenvalue weighted by atomic mass is 16.5. The molecular formula is C72H71N3O. The maximum Gasteiger partial charge on any atom is 0.119 e. The number of unbranched alkanes of at least 4 members (excludes halogenated alkanes) is 3. The third-order valence-corrected chi connectivity index (χ3v) is 14.5. The van der Waals surface area contributed by atoms with Crippen LogP contribution in [0.4, 0.5) is 51.2 Å². The Morgan fingerprint density at radius 2 is 0.645 bits per heavy atom. The van der Waals surface area contributed by atoms with Crippen LogP contribution in [0, 0.1) is 13.8 Å². The molecular weight excluding hydrogens is 923 g/mol. The minimum absolute atomic E-state index is 0.732. The van der Waals surface area contributed by atoms with E-state index in [-0.39, 0.29) is 0 Å². The largest absolute Gasteiger partial charge is 0.494 e. The molecule has 0 saturated heterocycles. The van der Waals surface area contributed by atoms with Crippen molar-refractivity contribution in [3.05, 3.63) is 253 Å². The maximum atomic E-state index is 6.01. The predicted molar refractivity (Wildman–Crippen MR) is 326 cm³/mol. The number of ether oxygens (including phenoxy) is 1. The number of nitrogens with zero attached hydrogens (tertiary/aromatic N) is 3. The van der Waals surface area contributed by atoms with Crippen molar-refractivity contribution < 1.29 is 4.74 Å². The van der Waals surface area contributed by atoms with Crippen LogP contribution in [-0.4, -0.2) is 6.61 Å². The molecule has 0 heterocycles. The van der Waals surface area contributed by atoms with Crippen LogP contribution >= 0.6 is 0 Å². The van der Waals surface area contributed by atoms with Crippen molar-refractivity contribution in [2.45, 2.75) is 86.0 Å². The minimum atomic E-state index is 0.732. The Kier molecular flexibility index (Phi) is 16.4. The van der Waals surface area contributed by atoms with Crippen LogP contribution in [-0.2, 0) is 12.8 Å². The molecule has 0 aromatic heterocycles. The number of anilines is 9. The van der Waals surface area contributed by atoms with E-state index in [0.717, 1.165) is 89.0 Å². The highest BCUT2D eigenvalue weighted by Crippen LogP contribution is 2.42. The van der Waals surface area contributed by atoms with Gasteiger partial charge < -0.3 is 19.4 Å². The molecule has 0 spiro atoms. The van der Waals surface area contributed by atoms with E-state index < -0.39 is 0 Å². The monoisotopic (exact) mass is 994 g/mol. The lowest BCUT2D eigenvalue weighted by atomic mass is 9.99. The second-order valence-electron chi connectivity index (χ2n) is 20.3. The second kappa shape index (κ2) is 24.3. The van der Waals surface area contributed by atoms with Gasteiger partial charge in [0, 0.05) is 51.2 Å². The summed E-state index contributed by atoms with van der Waals surface area (Å²) in [5.41, 5.74) is 20.1. The summed E-state index contributed by atoms with van der Waals surface area (Å²) < 4.78 is 6.01. The van der Waals surface area contributed by atoms with Gasteiger partial charge in [0.2, 0.25) is 0 Å². The maximum absolute atomic E-state index is 6.01. The van der Waals surface area contributed by atoms with Gasteiger partial charge in [0.1, 0.15) is 5.75 Å². The zero-order valence-electron chi connectivity index (χ0n) is 45.1. The van der Waals surface area contributed by atoms with Gasteiger partial charge >= 0.3 is 0 Å². The highest BCUT2D eigenvalue weighted by Gasteiger charge is 2.18. The number of hydrogen-bond acceptors (Lipinski definition) is 4. The molecule has 380 valence electrons. The molecule has 4 heteroatoms. The van der Waals surface area contributed by atoms with Crippen LogP contribution in [0.1, 0.15) is 81.5 Å². The van der Waals surface area contributed by atoms with Crippen molar-refractivity contribution in [3.63, 3.8) is 0 Å². The Labute approximate surface area is 452 Å². The molecule has 10 aromatic rings. The first-order valence-corrected chi connectivity index (χ1v) is 27.6. The van der Waals surface area contributed by atoms with E-state index in [4.69, 9.17) is 4.74 Å². The van der Waals surface area contributed by atoms with Crippen molar-refractivity contribution >= 4 is 62.0 Å². The topological polar surface area (TPSA) is 19.0 Å². The summed E-state index contributed by atoms with van der Waals surface area (Å²) >= 11 is 0. The molecule has 10 rings (SSSR count). The standard InChI is InChI=1S/C72H71N3O/c1-6-9-14-55-49-56(15-10-7-2)51-71(50-55)75(64-33-20-54(5)21-34-64)68-41-28-61(29-42-68)60-26-39-67(40-27-60)74(70-43-30-57-16-12-13-17-62(57)52-70)66-37-24-59(25-38-66)58-22-35-65(36-23-58)73(63-31-18-53(4)19-32-63)69-44-46-72(47-45-69)76-48-11-8-3/h12-13,16-47,49-52H,6-11,14-15,48H2,1-5H3. The van der Waals surface area contributed by atoms with Crippen LogP contribution in [0.25, 0.3) is 33.0 Å². The molecule has 0 aliphatic rings. The van der Waals surface area contributed by atoms with Crippen LogP contribution < -0.4 is 19.4 Å². The summed E-state index contributed by atoms with van der Waals surface area (Å²) in [6, 6.07) is 84.9. The van der Waals surface area contributed by atoms with Gasteiger partial charge in [-0.15, -0.1) is 0 Å². The van der Waals surface area contributed by atoms with Gasteiger partial charge in [-0.1, -0.05) is 160 Å². The molecule has 0 aliphatic carbocycles. The number of rotatable bonds is 21. The molecule has 0 aliphatic heterocycles. The minimum Gasteiger partial charge on any atom is -0.494 e. The average molecular weight is 994 g/mol. The number of aryl methyl sites for hydroxylation is 4. The zero-order valence-corrected chi connectivity index (χ0v) is 45.1. The Morgan fingerprint density at radius 1 is 0.303 bits per heavy atom. The van der Waals surface area contributed by atoms with Crippen molar-refractivity contribution in [2.75, 3.05) is 21.3 Å². The molecule has 0 bridgehead atoms. The van der Waals surface area contributed by atoms with E-state index in [2.05, 4.69) is 280 Å². The smallest absolute Gasteiger partial charge is 0.119 e. The first-order valence-electron chi connectivity index (χ1n) is 27.6. The van der Waals surface area contributed by atoms with E-state index in [1.807, 2.05) is 0 Å². The molecule has 0 atom stereocenters. The van der Waals surface area contributed by atoms with Gasteiger partial charge in [-0.05, 0) is 211 Å². The summed E-state index contributed by atoms with van der Waals surface area (Å²) in [6.45, 7) is 11.8. The zero-order chi connectivity index (χ0) is 52.2. The fraction of sp³-hybridized carbons (Fsp3) is 0.194. The van der Waals surface area contributed by atoms with Crippen molar-refractivity contribution in [3.8, 4) is 28.0 Å². The van der Waals surface area contributed by atoms with Crippen molar-refractivity contribution in [1.82, 2.24) is 0 Å². The SMILES string of the molecule is CCCCOc1ccc(N(c2ccc(C)cc2)c2ccc(-c3ccc(N(c4ccc(-c5ccc(N(c6ccc(C)cc6)c6cc(CCCC)cc(CCCC)c6)cc5)cc4)c4ccc5ccccc5c4)cc3)cc2)cc1. The molecule has 0 fully saturated rings. The molecule has 0 N–H and O–H groups in total. The molecule has 0 saturated carbocycles. The molecule has 0 radical (unpaired) electrons. The first-order chi connectivity index (χ1) is 37.3. The highest BCUT2D eigenvalue weighted by molar-refractivity contribution is 5.90. The van der Waals surface area contributed by atoms with Crippen LogP contribution in [0.5, 0.6) is 5.75 Å². The third-order valence-electron chi connectivity index (χ3n) is 14.5. The molecule has 4 nitrogen and oxygen atoms in total. The second-order valence-corrected chi connectivity index (χ2v) is 20.3. The summed E-state index contributed by atoms with van der Waals surface area (Å²) in [4.78, 5) is 7.11. The van der Waals surface area contributed by atoms with Gasteiger partial charge in [-0.3, -0.25) is 0 Å². The Bertz CT molecular complexity index is 3410. The quantitative estimate of drug-likeness (QED) is 0.0668. The Hall–Kier alpha value is -8.34. The summed E-state index contributed by atoms with van der Waals surface area (Å²) in [5.74, 6) is 0.898. The third kappa shape index (κ3) is 12.1. The van der Waals surface area contributed by atoms with Crippen molar-refractivity contribution in [2.24, 2.45) is 0 Å². The van der Waals surface area contributed by atoms with Crippen LogP contribution in [0.2, 0.25) is 0 Å². The lowest BCUT2D eigenvalue weighted by Crippen LogP contribution is -2.11. The van der Waals surface area contributed by atoms with E-state index in [9.17, 15) is 0 Å². The van der Waals surface area contributed by atoms with E-state index in [1.54, 1.807) is 0 Å². The molecule has 0 amide bonds. The van der Waals surface area contributed by atoms with E-state index in [0.29, 0.717) is 0 Å². The van der Waals surface area contributed by atoms with Crippen molar-refractivity contribution in [1.29, 1.82) is 0 Å². The predicted octanol–water partition coefficient (Wildman–Crippen LogP) is 21.1. The lowest BCUT2D eigenvalue weighted by molar-refractivity contribution is 0.309. The van der Waals surface area contributed by atoms with E-state index in [1.165, 1.54) is 81.2 Å². The molecule has 10 aromatic carbocycles. The molecule has 76 heavy (non-hydrogen) atoms. The van der Waals surface area contributed by atoms with Gasteiger partial charge in [-0.2, -0.15) is 0 Å². The van der Waals surface area contributed by atoms with Gasteiger partial charge in [0.05, 0.1) is 6.61 Å². The van der Waals surface area contributed by atoms with E-state index >= 15 is 0 Å². The van der Waals surface area contributed by atoms with Gasteiger partial charge in [0.25, 0.3) is 0 Å². The normalized spacial score (nSPS) is 11.2. The Morgan fingerprint density at radius 3 is 1.05 bits per heavy atom. The van der Waals surface area contributed by atoms with Gasteiger partial charge in [-0.25, -0.2) is 0 Å². The average Bonchev–Trinajstić information content (AvgIpc) is 3.49. The fourth-order valence-electron chi connectivity index (χ4n) is 10.2. The number of fused-ring (bicyclic) bond motifs is 1. The Balaban J connectivity index is 0.933. The first kappa shape index (κ1) is 51.2. The summed E-state index contributed by atoms with van der Waals surface area (Å²) in [5, 5.41) is 2.43. The lowest BCUT2D eigenvalue weighted by Gasteiger charge is -2.27. The summed E-state index contributed by atoms with van der Waals surface area (Å²) in [6.07, 6.45) is 9.11. The van der Waals surface area contributed by atoms with Crippen LogP contribution in [0.3, 0.4) is 0 Å². The van der Waals surface area contributed by atoms with Crippen LogP contribution in [0.15, 0.2) is 231 Å². The fourth-order valence-corrected chi connectivity index (χ4v) is 10.2. The molecule has 0 unspecified atom stereocenters. The summed E-state index contributed by atoms with van der Waals surface area (Å²) in [7, 11) is 0.